The van der Waals surface area contributed by atoms with Gasteiger partial charge >= 0.3 is 0 Å². The first kappa shape index (κ1) is 29.4. The highest BCUT2D eigenvalue weighted by Gasteiger charge is 2.68. The SMILES string of the molecule is COc1ccc2sc(SCC(=O)[C@@]3(O)CCC4C5CCC6=Cc7c(cnn7-c7ccccn7)CC6(C)C5[C@@H](O)CC43C)nc2c1. The molecule has 234 valence electrons. The third kappa shape index (κ3) is 4.32. The van der Waals surface area contributed by atoms with Gasteiger partial charge in [0.1, 0.15) is 11.4 Å². The molecule has 3 fully saturated rings. The number of carbonyl (C=O) groups excluding carboxylic acids is 1. The smallest absolute Gasteiger partial charge is 0.175 e. The molecular weight excluding hydrogens is 605 g/mol. The molecule has 8 rings (SSSR count). The summed E-state index contributed by atoms with van der Waals surface area (Å²) in [6.45, 7) is 4.39. The van der Waals surface area contributed by atoms with E-state index in [-0.39, 0.29) is 34.7 Å². The summed E-state index contributed by atoms with van der Waals surface area (Å²) >= 11 is 2.95. The Kier molecular flexibility index (Phi) is 6.84. The lowest BCUT2D eigenvalue weighted by atomic mass is 9.45. The molecule has 4 aromatic rings. The molecule has 5 unspecified atom stereocenters. The topological polar surface area (TPSA) is 110 Å². The van der Waals surface area contributed by atoms with Crippen LogP contribution in [0.3, 0.4) is 0 Å². The third-order valence-electron chi connectivity index (χ3n) is 11.8. The summed E-state index contributed by atoms with van der Waals surface area (Å²) in [4.78, 5) is 23.1. The van der Waals surface area contributed by atoms with Gasteiger partial charge in [-0.15, -0.1) is 11.3 Å². The van der Waals surface area contributed by atoms with E-state index in [1.807, 2.05) is 47.3 Å². The van der Waals surface area contributed by atoms with Crippen molar-refractivity contribution in [2.45, 2.75) is 68.4 Å². The van der Waals surface area contributed by atoms with Crippen LogP contribution >= 0.6 is 23.1 Å². The van der Waals surface area contributed by atoms with Crippen LogP contribution < -0.4 is 4.74 Å². The predicted molar refractivity (Wildman–Crippen MR) is 176 cm³/mol. The molecule has 3 aromatic heterocycles. The second-order valence-corrected chi connectivity index (χ2v) is 16.1. The Labute approximate surface area is 270 Å². The van der Waals surface area contributed by atoms with Crippen LogP contribution in [0.2, 0.25) is 0 Å². The van der Waals surface area contributed by atoms with Crippen molar-refractivity contribution in [2.75, 3.05) is 12.9 Å². The number of thioether (sulfide) groups is 1. The Morgan fingerprint density at radius 3 is 2.89 bits per heavy atom. The number of hydrogen-bond acceptors (Lipinski definition) is 9. The molecule has 0 aliphatic heterocycles. The molecule has 4 aliphatic carbocycles. The summed E-state index contributed by atoms with van der Waals surface area (Å²) in [5.74, 6) is 2.05. The Bertz CT molecular complexity index is 1840. The van der Waals surface area contributed by atoms with Gasteiger partial charge in [-0.2, -0.15) is 5.10 Å². The average Bonchev–Trinajstić information content (AvgIpc) is 3.71. The van der Waals surface area contributed by atoms with Crippen molar-refractivity contribution in [3.8, 4) is 11.6 Å². The number of aliphatic hydroxyl groups is 2. The van der Waals surface area contributed by atoms with Gasteiger partial charge in [0.2, 0.25) is 0 Å². The van der Waals surface area contributed by atoms with Gasteiger partial charge in [0.05, 0.1) is 41.1 Å². The lowest BCUT2D eigenvalue weighted by Gasteiger charge is -2.60. The lowest BCUT2D eigenvalue weighted by Crippen LogP contribution is -2.62. The number of ether oxygens (including phenoxy) is 1. The zero-order valence-corrected chi connectivity index (χ0v) is 27.4. The number of hydrogen-bond donors (Lipinski definition) is 2. The summed E-state index contributed by atoms with van der Waals surface area (Å²) < 4.78 is 9.10. The Hall–Kier alpha value is -3.05. The molecule has 0 bridgehead atoms. The molecule has 0 saturated heterocycles. The van der Waals surface area contributed by atoms with Gasteiger partial charge < -0.3 is 14.9 Å². The molecule has 1 aromatic carbocycles. The number of nitrogens with zero attached hydrogens (tertiary/aromatic N) is 4. The highest BCUT2D eigenvalue weighted by atomic mass is 32.2. The van der Waals surface area contributed by atoms with E-state index in [2.05, 4.69) is 24.9 Å². The number of methoxy groups -OCH3 is 1. The molecule has 4 aliphatic rings. The number of rotatable bonds is 6. The number of aliphatic hydroxyl groups excluding tert-OH is 1. The molecule has 45 heavy (non-hydrogen) atoms. The molecule has 10 heteroatoms. The van der Waals surface area contributed by atoms with Gasteiger partial charge in [0, 0.05) is 17.7 Å². The van der Waals surface area contributed by atoms with Crippen LogP contribution in [0.5, 0.6) is 5.75 Å². The molecule has 8 nitrogen and oxygen atoms in total. The molecule has 0 amide bonds. The van der Waals surface area contributed by atoms with Crippen LogP contribution in [-0.2, 0) is 11.2 Å². The second-order valence-electron chi connectivity index (χ2n) is 13.9. The van der Waals surface area contributed by atoms with E-state index < -0.39 is 17.1 Å². The predicted octanol–water partition coefficient (Wildman–Crippen LogP) is 6.13. The van der Waals surface area contributed by atoms with Crippen molar-refractivity contribution < 1.29 is 19.7 Å². The number of aromatic nitrogens is 4. The van der Waals surface area contributed by atoms with E-state index in [0.717, 1.165) is 57.5 Å². The maximum absolute atomic E-state index is 13.9. The summed E-state index contributed by atoms with van der Waals surface area (Å²) in [6.07, 6.45) is 9.80. The minimum Gasteiger partial charge on any atom is -0.497 e. The molecule has 0 spiro atoms. The third-order valence-corrected chi connectivity index (χ3v) is 14.0. The zero-order chi connectivity index (χ0) is 31.1. The molecule has 0 radical (unpaired) electrons. The number of benzene rings is 1. The highest BCUT2D eigenvalue weighted by molar-refractivity contribution is 8.01. The maximum Gasteiger partial charge on any atom is 0.175 e. The van der Waals surface area contributed by atoms with Crippen molar-refractivity contribution in [3.63, 3.8) is 0 Å². The van der Waals surface area contributed by atoms with Crippen molar-refractivity contribution in [3.05, 3.63) is 65.6 Å². The van der Waals surface area contributed by atoms with E-state index in [1.165, 1.54) is 22.9 Å². The normalized spacial score (nSPS) is 33.6. The van der Waals surface area contributed by atoms with Crippen molar-refractivity contribution in [1.82, 2.24) is 19.7 Å². The first-order valence-corrected chi connectivity index (χ1v) is 17.7. The first-order chi connectivity index (χ1) is 21.6. The van der Waals surface area contributed by atoms with Gasteiger partial charge in [-0.1, -0.05) is 37.2 Å². The van der Waals surface area contributed by atoms with Crippen LogP contribution in [0.4, 0.5) is 0 Å². The van der Waals surface area contributed by atoms with Crippen LogP contribution in [0.15, 0.2) is 58.7 Å². The number of carbonyl (C=O) groups is 1. The quantitative estimate of drug-likeness (QED) is 0.242. The van der Waals surface area contributed by atoms with E-state index >= 15 is 0 Å². The summed E-state index contributed by atoms with van der Waals surface area (Å²) in [5.41, 5.74) is 2.14. The van der Waals surface area contributed by atoms with E-state index in [1.54, 1.807) is 24.6 Å². The number of allylic oxidation sites excluding steroid dienone is 1. The molecule has 2 N–H and O–H groups in total. The Balaban J connectivity index is 1.03. The van der Waals surface area contributed by atoms with E-state index in [0.29, 0.717) is 12.8 Å². The molecule has 7 atom stereocenters. The van der Waals surface area contributed by atoms with Crippen molar-refractivity contribution >= 4 is 45.2 Å². The van der Waals surface area contributed by atoms with Crippen molar-refractivity contribution in [2.24, 2.45) is 28.6 Å². The molecular formula is C35H38N4O4S2. The van der Waals surface area contributed by atoms with Crippen LogP contribution in [-0.4, -0.2) is 60.3 Å². The van der Waals surface area contributed by atoms with Gasteiger partial charge in [-0.05, 0) is 97.6 Å². The zero-order valence-electron chi connectivity index (χ0n) is 25.8. The molecule has 3 saturated carbocycles. The van der Waals surface area contributed by atoms with Gasteiger partial charge in [-0.25, -0.2) is 14.6 Å². The van der Waals surface area contributed by atoms with E-state index in [4.69, 9.17) is 14.8 Å². The minimum absolute atomic E-state index is 0.0634. The molecule has 3 heterocycles. The van der Waals surface area contributed by atoms with Crippen molar-refractivity contribution in [1.29, 1.82) is 0 Å². The summed E-state index contributed by atoms with van der Waals surface area (Å²) in [7, 11) is 1.63. The summed E-state index contributed by atoms with van der Waals surface area (Å²) in [6, 6.07) is 11.7. The fourth-order valence-corrected chi connectivity index (χ4v) is 11.6. The average molecular weight is 643 g/mol. The fourth-order valence-electron chi connectivity index (χ4n) is 9.63. The minimum atomic E-state index is -1.46. The maximum atomic E-state index is 13.9. The number of fused-ring (bicyclic) bond motifs is 7. The Morgan fingerprint density at radius 2 is 2.09 bits per heavy atom. The van der Waals surface area contributed by atoms with Gasteiger partial charge in [0.25, 0.3) is 0 Å². The largest absolute Gasteiger partial charge is 0.497 e. The van der Waals surface area contributed by atoms with Crippen LogP contribution in [0, 0.1) is 28.6 Å². The number of thiazole rings is 1. The van der Waals surface area contributed by atoms with E-state index in [9.17, 15) is 15.0 Å². The lowest BCUT2D eigenvalue weighted by molar-refractivity contribution is -0.177. The standard InChI is InChI=1S/C35H38N4O4S2/c1-33-16-20-18-37-39(30-6-4-5-13-36-30)26(20)14-21(33)7-9-23-24-11-12-35(42,34(24,2)17-27(40)31(23)33)29(41)19-44-32-38-25-15-22(43-3)8-10-28(25)45-32/h4-6,8,10,13-15,18,23-24,27,31,40,42H,7,9,11-12,16-17,19H2,1-3H3/t23?,24?,27-,31?,33?,34?,35-/m0/s1. The van der Waals surface area contributed by atoms with Gasteiger partial charge in [0.15, 0.2) is 15.9 Å². The fraction of sp³-hybridized carbons (Fsp3) is 0.486. The highest BCUT2D eigenvalue weighted by Crippen LogP contribution is 2.67. The first-order valence-electron chi connectivity index (χ1n) is 15.8. The monoisotopic (exact) mass is 642 g/mol. The van der Waals surface area contributed by atoms with Gasteiger partial charge in [-0.3, -0.25) is 4.79 Å². The van der Waals surface area contributed by atoms with Crippen LogP contribution in [0.25, 0.3) is 22.1 Å². The number of Topliss-reactive ketones (excluding diaryl/α,β-unsaturated/α-hetero) is 1. The number of ketones is 1. The number of pyridine rings is 1. The summed E-state index contributed by atoms with van der Waals surface area (Å²) in [5, 5.41) is 28.9. The second kappa shape index (κ2) is 10.5. The Morgan fingerprint density at radius 1 is 1.22 bits per heavy atom. The van der Waals surface area contributed by atoms with Crippen LogP contribution in [0.1, 0.15) is 57.2 Å².